The molecule has 0 aromatic heterocycles. The van der Waals surface area contributed by atoms with Crippen molar-refractivity contribution in [2.24, 2.45) is 5.92 Å². The highest BCUT2D eigenvalue weighted by molar-refractivity contribution is 5.98. The van der Waals surface area contributed by atoms with Gasteiger partial charge in [0.2, 0.25) is 11.8 Å². The summed E-state index contributed by atoms with van der Waals surface area (Å²) >= 11 is 0. The zero-order valence-electron chi connectivity index (χ0n) is 18.3. The third-order valence-electron chi connectivity index (χ3n) is 7.65. The lowest BCUT2D eigenvalue weighted by atomic mass is 9.76. The van der Waals surface area contributed by atoms with Gasteiger partial charge in [0.05, 0.1) is 18.2 Å². The lowest BCUT2D eigenvalue weighted by molar-refractivity contribution is -0.147. The Labute approximate surface area is 187 Å². The van der Waals surface area contributed by atoms with Crippen molar-refractivity contribution < 1.29 is 24.2 Å². The van der Waals surface area contributed by atoms with Crippen molar-refractivity contribution in [1.82, 2.24) is 15.1 Å². The first-order valence-electron chi connectivity index (χ1n) is 11.8. The fourth-order valence-corrected chi connectivity index (χ4v) is 5.87. The molecule has 0 unspecified atom stereocenters. The molecule has 2 N–H and O–H groups in total. The Morgan fingerprint density at radius 2 is 1.94 bits per heavy atom. The van der Waals surface area contributed by atoms with Gasteiger partial charge in [0.1, 0.15) is 5.75 Å². The monoisotopic (exact) mass is 441 g/mol. The molecule has 172 valence electrons. The van der Waals surface area contributed by atoms with E-state index in [0.29, 0.717) is 43.7 Å². The highest BCUT2D eigenvalue weighted by atomic mass is 16.5. The van der Waals surface area contributed by atoms with Crippen molar-refractivity contribution in [2.45, 2.75) is 69.2 Å². The van der Waals surface area contributed by atoms with Gasteiger partial charge >= 0.3 is 0 Å². The Balaban J connectivity index is 1.26. The average molecular weight is 442 g/mol. The van der Waals surface area contributed by atoms with E-state index in [0.717, 1.165) is 25.7 Å². The van der Waals surface area contributed by atoms with E-state index in [-0.39, 0.29) is 48.8 Å². The van der Waals surface area contributed by atoms with E-state index in [1.165, 1.54) is 0 Å². The quantitative estimate of drug-likeness (QED) is 0.727. The summed E-state index contributed by atoms with van der Waals surface area (Å²) in [6.07, 6.45) is 5.32. The largest absolute Gasteiger partial charge is 0.467 e. The minimum Gasteiger partial charge on any atom is -0.467 e. The van der Waals surface area contributed by atoms with E-state index in [1.807, 2.05) is 11.0 Å². The van der Waals surface area contributed by atoms with Crippen LogP contribution in [0.25, 0.3) is 0 Å². The van der Waals surface area contributed by atoms with Crippen LogP contribution in [0.1, 0.15) is 61.7 Å². The Kier molecular flexibility index (Phi) is 5.57. The second kappa shape index (κ2) is 8.39. The first-order chi connectivity index (χ1) is 15.5. The van der Waals surface area contributed by atoms with Crippen LogP contribution >= 0.6 is 0 Å². The number of nitrogens with one attached hydrogen (secondary N) is 1. The Morgan fingerprint density at radius 3 is 2.81 bits per heavy atom. The van der Waals surface area contributed by atoms with E-state index in [2.05, 4.69) is 5.32 Å². The van der Waals surface area contributed by atoms with Crippen molar-refractivity contribution in [2.75, 3.05) is 19.6 Å². The molecule has 1 saturated carbocycles. The number of hydrogen-bond acceptors (Lipinski definition) is 5. The number of hydrogen-bond donors (Lipinski definition) is 2. The van der Waals surface area contributed by atoms with E-state index < -0.39 is 5.72 Å². The molecule has 3 heterocycles. The van der Waals surface area contributed by atoms with Gasteiger partial charge in [0, 0.05) is 44.3 Å². The number of nitrogens with zero attached hydrogens (tertiary/aromatic N) is 2. The van der Waals surface area contributed by atoms with Gasteiger partial charge < -0.3 is 25.0 Å². The molecule has 1 aromatic rings. The predicted octanol–water partition coefficient (Wildman–Crippen LogP) is 1.67. The fraction of sp³-hybridized carbons (Fsp3) is 0.625. The molecule has 0 bridgehead atoms. The smallest absolute Gasteiger partial charge is 0.258 e. The number of ether oxygens (including phenoxy) is 1. The van der Waals surface area contributed by atoms with Crippen LogP contribution < -0.4 is 10.1 Å². The molecular formula is C24H31N3O5. The molecule has 3 fully saturated rings. The molecule has 8 nitrogen and oxygen atoms in total. The molecule has 4 atom stereocenters. The topological polar surface area (TPSA) is 99.2 Å². The Morgan fingerprint density at radius 1 is 1.12 bits per heavy atom. The number of likely N-dealkylation sites (tertiary alicyclic amines) is 2. The number of benzene rings is 1. The molecule has 1 aromatic carbocycles. The third-order valence-corrected chi connectivity index (χ3v) is 7.65. The van der Waals surface area contributed by atoms with Crippen LogP contribution in [0.15, 0.2) is 24.3 Å². The maximum atomic E-state index is 13.2. The van der Waals surface area contributed by atoms with Gasteiger partial charge in [0.15, 0.2) is 5.72 Å². The number of aliphatic hydroxyl groups is 1. The van der Waals surface area contributed by atoms with Gasteiger partial charge in [-0.1, -0.05) is 25.0 Å². The molecule has 32 heavy (non-hydrogen) atoms. The number of aliphatic hydroxyl groups excluding tert-OH is 1. The number of piperidine rings is 1. The highest BCUT2D eigenvalue weighted by Crippen LogP contribution is 2.36. The lowest BCUT2D eigenvalue weighted by Gasteiger charge is -2.46. The SMILES string of the molecule is O=C1N[C@]2(CCC(=O)N(CC(=O)N3CC[C@@H](O)[C@H]4CCCC[C@@H]43)CC2)Oc2ccccc21. The van der Waals surface area contributed by atoms with Crippen LogP contribution in [0, 0.1) is 5.92 Å². The predicted molar refractivity (Wildman–Crippen MR) is 116 cm³/mol. The second-order valence-electron chi connectivity index (χ2n) is 9.57. The average Bonchev–Trinajstić information content (AvgIpc) is 2.94. The van der Waals surface area contributed by atoms with E-state index in [4.69, 9.17) is 4.74 Å². The molecule has 3 aliphatic heterocycles. The second-order valence-corrected chi connectivity index (χ2v) is 9.57. The molecule has 4 aliphatic rings. The zero-order valence-corrected chi connectivity index (χ0v) is 18.3. The summed E-state index contributed by atoms with van der Waals surface area (Å²) in [6, 6.07) is 7.19. The van der Waals surface area contributed by atoms with E-state index in [1.54, 1.807) is 23.1 Å². The minimum absolute atomic E-state index is 0.0404. The summed E-state index contributed by atoms with van der Waals surface area (Å²) in [5, 5.41) is 13.4. The summed E-state index contributed by atoms with van der Waals surface area (Å²) in [7, 11) is 0. The van der Waals surface area contributed by atoms with Crippen LogP contribution in [0.4, 0.5) is 0 Å². The molecule has 8 heteroatoms. The maximum Gasteiger partial charge on any atom is 0.258 e. The standard InChI is InChI=1S/C24H31N3O5/c28-19-10-13-27(18-7-3-1-5-16(18)19)22(30)15-26-14-12-24(11-9-21(26)29)25-23(31)17-6-2-4-8-20(17)32-24/h2,4,6,8,16,18-19,28H,1,3,5,7,9-15H2,(H,25,31)/t16-,18-,19+,24+/m0/s1. The van der Waals surface area contributed by atoms with Crippen LogP contribution in [0.2, 0.25) is 0 Å². The molecule has 2 saturated heterocycles. The van der Waals surface area contributed by atoms with Crippen LogP contribution in [0.5, 0.6) is 5.75 Å². The first-order valence-corrected chi connectivity index (χ1v) is 11.8. The number of para-hydroxylation sites is 1. The van der Waals surface area contributed by atoms with Gasteiger partial charge in [-0.05, 0) is 31.4 Å². The van der Waals surface area contributed by atoms with Gasteiger partial charge in [-0.2, -0.15) is 0 Å². The van der Waals surface area contributed by atoms with Crippen LogP contribution in [-0.4, -0.2) is 70.1 Å². The molecule has 1 spiro atoms. The fourth-order valence-electron chi connectivity index (χ4n) is 5.87. The molecular weight excluding hydrogens is 410 g/mol. The number of carbonyl (C=O) groups is 3. The van der Waals surface area contributed by atoms with Crippen LogP contribution in [-0.2, 0) is 9.59 Å². The molecule has 3 amide bonds. The lowest BCUT2D eigenvalue weighted by Crippen LogP contribution is -2.57. The summed E-state index contributed by atoms with van der Waals surface area (Å²) in [5.74, 6) is 0.346. The van der Waals surface area contributed by atoms with Crippen molar-refractivity contribution >= 4 is 17.7 Å². The maximum absolute atomic E-state index is 13.2. The van der Waals surface area contributed by atoms with Gasteiger partial charge in [0.25, 0.3) is 5.91 Å². The number of amides is 3. The van der Waals surface area contributed by atoms with Crippen molar-refractivity contribution in [3.05, 3.63) is 29.8 Å². The Bertz CT molecular complexity index is 921. The number of rotatable bonds is 2. The van der Waals surface area contributed by atoms with Gasteiger partial charge in [-0.15, -0.1) is 0 Å². The van der Waals surface area contributed by atoms with Crippen LogP contribution in [0.3, 0.4) is 0 Å². The summed E-state index contributed by atoms with van der Waals surface area (Å²) < 4.78 is 6.18. The summed E-state index contributed by atoms with van der Waals surface area (Å²) in [6.45, 7) is 0.930. The minimum atomic E-state index is -0.928. The first kappa shape index (κ1) is 21.2. The van der Waals surface area contributed by atoms with Gasteiger partial charge in [-0.25, -0.2) is 0 Å². The van der Waals surface area contributed by atoms with E-state index >= 15 is 0 Å². The summed E-state index contributed by atoms with van der Waals surface area (Å²) in [5.41, 5.74) is -0.433. The summed E-state index contributed by atoms with van der Waals surface area (Å²) in [4.78, 5) is 42.2. The molecule has 0 radical (unpaired) electrons. The highest BCUT2D eigenvalue weighted by Gasteiger charge is 2.44. The number of carbonyl (C=O) groups excluding carboxylic acids is 3. The molecule has 5 rings (SSSR count). The van der Waals surface area contributed by atoms with Crippen molar-refractivity contribution in [3.63, 3.8) is 0 Å². The van der Waals surface area contributed by atoms with Crippen molar-refractivity contribution in [1.29, 1.82) is 0 Å². The van der Waals surface area contributed by atoms with Crippen molar-refractivity contribution in [3.8, 4) is 5.75 Å². The molecule has 1 aliphatic carbocycles. The normalized spacial score (nSPS) is 32.5. The zero-order chi connectivity index (χ0) is 22.3. The van der Waals surface area contributed by atoms with E-state index in [9.17, 15) is 19.5 Å². The third kappa shape index (κ3) is 3.85. The Hall–Kier alpha value is -2.61. The number of fused-ring (bicyclic) bond motifs is 2. The van der Waals surface area contributed by atoms with Gasteiger partial charge in [-0.3, -0.25) is 14.4 Å².